The Hall–Kier alpha value is -0.830. The first-order valence-electron chi connectivity index (χ1n) is 5.63. The van der Waals surface area contributed by atoms with Crippen molar-refractivity contribution in [1.82, 2.24) is 4.98 Å². The van der Waals surface area contributed by atoms with Gasteiger partial charge in [-0.1, -0.05) is 0 Å². The zero-order valence-corrected chi connectivity index (χ0v) is 14.3. The number of esters is 1. The summed E-state index contributed by atoms with van der Waals surface area (Å²) >= 11 is 4.49. The van der Waals surface area contributed by atoms with E-state index in [9.17, 15) is 4.79 Å². The first-order valence-corrected chi connectivity index (χ1v) is 7.79. The van der Waals surface area contributed by atoms with E-state index in [1.807, 2.05) is 12.1 Å². The van der Waals surface area contributed by atoms with Crippen LogP contribution in [0, 0.1) is 7.14 Å². The van der Waals surface area contributed by atoms with Gasteiger partial charge in [0.2, 0.25) is 0 Å². The maximum Gasteiger partial charge on any atom is 0.308 e. The lowest BCUT2D eigenvalue weighted by molar-refractivity contribution is -0.131. The van der Waals surface area contributed by atoms with Gasteiger partial charge in [0.1, 0.15) is 5.75 Å². The lowest BCUT2D eigenvalue weighted by Gasteiger charge is -2.04. The predicted molar refractivity (Wildman–Crippen MR) is 92.5 cm³/mol. The lowest BCUT2D eigenvalue weighted by atomic mass is 10.1. The molecule has 0 atom stereocenters. The number of hydrogen-bond acceptors (Lipinski definition) is 2. The fourth-order valence-electron chi connectivity index (χ4n) is 2.11. The molecule has 0 aliphatic heterocycles. The van der Waals surface area contributed by atoms with Gasteiger partial charge in [-0.25, -0.2) is 0 Å². The van der Waals surface area contributed by atoms with Crippen molar-refractivity contribution in [3.8, 4) is 5.75 Å². The van der Waals surface area contributed by atoms with E-state index in [0.717, 1.165) is 20.0 Å². The van der Waals surface area contributed by atoms with E-state index >= 15 is 0 Å². The molecule has 3 nitrogen and oxygen atoms in total. The van der Waals surface area contributed by atoms with Crippen molar-refractivity contribution in [1.29, 1.82) is 0 Å². The number of rotatable bonds is 1. The second-order valence-electron chi connectivity index (χ2n) is 4.24. The Morgan fingerprint density at radius 1 is 1.11 bits per heavy atom. The van der Waals surface area contributed by atoms with Gasteiger partial charge in [0.05, 0.1) is 9.09 Å². The fourth-order valence-corrected chi connectivity index (χ4v) is 3.17. The summed E-state index contributed by atoms with van der Waals surface area (Å²) in [5, 5.41) is 2.34. The maximum absolute atomic E-state index is 11.1. The highest BCUT2D eigenvalue weighted by molar-refractivity contribution is 14.1. The number of H-pyrrole nitrogens is 1. The average Bonchev–Trinajstić information content (AvgIpc) is 2.66. The third kappa shape index (κ3) is 2.45. The molecule has 0 aliphatic rings. The number of carbonyl (C=O) groups excluding carboxylic acids is 1. The number of benzene rings is 2. The van der Waals surface area contributed by atoms with Gasteiger partial charge in [-0.05, 0) is 69.4 Å². The van der Waals surface area contributed by atoms with Crippen LogP contribution < -0.4 is 4.74 Å². The fraction of sp³-hybridized carbons (Fsp3) is 0.0714. The largest absolute Gasteiger partial charge is 0.426 e. The van der Waals surface area contributed by atoms with Crippen molar-refractivity contribution < 1.29 is 9.53 Å². The van der Waals surface area contributed by atoms with Crippen LogP contribution in [0.1, 0.15) is 6.92 Å². The second kappa shape index (κ2) is 4.93. The van der Waals surface area contributed by atoms with Gasteiger partial charge in [0.15, 0.2) is 0 Å². The van der Waals surface area contributed by atoms with Gasteiger partial charge in [0.25, 0.3) is 0 Å². The number of ether oxygens (including phenoxy) is 1. The third-order valence-corrected chi connectivity index (χ3v) is 4.38. The van der Waals surface area contributed by atoms with E-state index < -0.39 is 0 Å². The number of carbonyl (C=O) groups is 1. The van der Waals surface area contributed by atoms with Crippen LogP contribution >= 0.6 is 45.2 Å². The Kier molecular flexibility index (Phi) is 3.42. The molecular formula is C14H9I2NO2. The van der Waals surface area contributed by atoms with E-state index in [4.69, 9.17) is 4.74 Å². The van der Waals surface area contributed by atoms with Gasteiger partial charge in [-0.3, -0.25) is 4.79 Å². The topological polar surface area (TPSA) is 42.1 Å². The van der Waals surface area contributed by atoms with Crippen LogP contribution in [0.15, 0.2) is 30.3 Å². The lowest BCUT2D eigenvalue weighted by Crippen LogP contribution is -2.02. The van der Waals surface area contributed by atoms with Crippen molar-refractivity contribution in [3.63, 3.8) is 0 Å². The van der Waals surface area contributed by atoms with Gasteiger partial charge in [-0.2, -0.15) is 0 Å². The SMILES string of the molecule is CC(=O)Oc1cc2[nH]c3ccc(I)cc3c2cc1I. The summed E-state index contributed by atoms with van der Waals surface area (Å²) in [6, 6.07) is 10.2. The molecule has 96 valence electrons. The minimum atomic E-state index is -0.303. The summed E-state index contributed by atoms with van der Waals surface area (Å²) in [6.07, 6.45) is 0. The van der Waals surface area contributed by atoms with Crippen LogP contribution in [0.2, 0.25) is 0 Å². The minimum absolute atomic E-state index is 0.303. The average molecular weight is 477 g/mol. The van der Waals surface area contributed by atoms with Gasteiger partial charge in [0, 0.05) is 32.8 Å². The summed E-state index contributed by atoms with van der Waals surface area (Å²) in [7, 11) is 0. The summed E-state index contributed by atoms with van der Waals surface area (Å²) in [6.45, 7) is 1.41. The maximum atomic E-state index is 11.1. The zero-order valence-electron chi connectivity index (χ0n) is 9.96. The quantitative estimate of drug-likeness (QED) is 0.320. The molecule has 0 bridgehead atoms. The first kappa shape index (κ1) is 13.2. The minimum Gasteiger partial charge on any atom is -0.426 e. The molecule has 1 aromatic heterocycles. The van der Waals surface area contributed by atoms with Gasteiger partial charge >= 0.3 is 5.97 Å². The molecule has 0 saturated heterocycles. The van der Waals surface area contributed by atoms with Crippen LogP contribution in [0.3, 0.4) is 0 Å². The molecular weight excluding hydrogens is 468 g/mol. The molecule has 0 unspecified atom stereocenters. The van der Waals surface area contributed by atoms with Crippen LogP contribution in [-0.4, -0.2) is 11.0 Å². The Labute approximate surface area is 137 Å². The standard InChI is InChI=1S/C14H9I2NO2/c1-7(18)19-14-6-13-10(5-11(14)16)9-4-8(15)2-3-12(9)17-13/h2-6,17H,1H3. The summed E-state index contributed by atoms with van der Waals surface area (Å²) in [4.78, 5) is 14.4. The third-order valence-electron chi connectivity index (χ3n) is 2.87. The molecule has 0 amide bonds. The Morgan fingerprint density at radius 2 is 1.84 bits per heavy atom. The van der Waals surface area contributed by atoms with E-state index in [1.54, 1.807) is 0 Å². The number of halogens is 2. The van der Waals surface area contributed by atoms with Crippen LogP contribution in [-0.2, 0) is 4.79 Å². The zero-order chi connectivity index (χ0) is 13.6. The molecule has 5 heteroatoms. The van der Waals surface area contributed by atoms with Gasteiger partial charge < -0.3 is 9.72 Å². The highest BCUT2D eigenvalue weighted by Gasteiger charge is 2.10. The van der Waals surface area contributed by atoms with Crippen molar-refractivity contribution in [2.45, 2.75) is 6.92 Å². The number of fused-ring (bicyclic) bond motifs is 3. The number of aromatic nitrogens is 1. The van der Waals surface area contributed by atoms with E-state index in [-0.39, 0.29) is 5.97 Å². The summed E-state index contributed by atoms with van der Waals surface area (Å²) in [5.41, 5.74) is 2.07. The summed E-state index contributed by atoms with van der Waals surface area (Å²) < 4.78 is 7.33. The Bertz CT molecular complexity index is 808. The molecule has 0 fully saturated rings. The highest BCUT2D eigenvalue weighted by atomic mass is 127. The molecule has 1 N–H and O–H groups in total. The van der Waals surface area contributed by atoms with E-state index in [0.29, 0.717) is 5.75 Å². The van der Waals surface area contributed by atoms with E-state index in [2.05, 4.69) is 68.4 Å². The monoisotopic (exact) mass is 477 g/mol. The number of nitrogens with one attached hydrogen (secondary N) is 1. The normalized spacial score (nSPS) is 11.1. The van der Waals surface area contributed by atoms with Crippen molar-refractivity contribution in [2.75, 3.05) is 0 Å². The molecule has 0 saturated carbocycles. The molecule has 0 spiro atoms. The Balaban J connectivity index is 2.30. The molecule has 1 heterocycles. The smallest absolute Gasteiger partial charge is 0.308 e. The molecule has 0 aliphatic carbocycles. The van der Waals surface area contributed by atoms with Crippen LogP contribution in [0.4, 0.5) is 0 Å². The van der Waals surface area contributed by atoms with Crippen molar-refractivity contribution >= 4 is 73.0 Å². The number of aromatic amines is 1. The van der Waals surface area contributed by atoms with E-state index in [1.165, 1.54) is 15.9 Å². The van der Waals surface area contributed by atoms with Crippen molar-refractivity contribution in [3.05, 3.63) is 37.5 Å². The second-order valence-corrected chi connectivity index (χ2v) is 6.64. The summed E-state index contributed by atoms with van der Waals surface area (Å²) in [5.74, 6) is 0.296. The van der Waals surface area contributed by atoms with Crippen molar-refractivity contribution in [2.24, 2.45) is 0 Å². The van der Waals surface area contributed by atoms with Gasteiger partial charge in [-0.15, -0.1) is 0 Å². The Morgan fingerprint density at radius 3 is 2.58 bits per heavy atom. The highest BCUT2D eigenvalue weighted by Crippen LogP contribution is 2.32. The van der Waals surface area contributed by atoms with Crippen LogP contribution in [0.5, 0.6) is 5.75 Å². The number of hydrogen-bond donors (Lipinski definition) is 1. The predicted octanol–water partition coefficient (Wildman–Crippen LogP) is 4.46. The molecule has 0 radical (unpaired) electrons. The molecule has 2 aromatic carbocycles. The molecule has 19 heavy (non-hydrogen) atoms. The first-order chi connectivity index (χ1) is 9.04. The van der Waals surface area contributed by atoms with Crippen LogP contribution in [0.25, 0.3) is 21.8 Å². The molecule has 3 aromatic rings. The molecule has 3 rings (SSSR count).